The Balaban J connectivity index is 1.61. The lowest BCUT2D eigenvalue weighted by Crippen LogP contribution is -2.30. The normalized spacial score (nSPS) is 11.2. The Morgan fingerprint density at radius 1 is 1.12 bits per heavy atom. The zero-order valence-electron chi connectivity index (χ0n) is 18.2. The van der Waals surface area contributed by atoms with Gasteiger partial charge in [0, 0.05) is 5.39 Å². The molecule has 0 atom stereocenters. The molecule has 0 aliphatic carbocycles. The molecular weight excluding hydrogens is 456 g/mol. The number of thiazole rings is 1. The van der Waals surface area contributed by atoms with Crippen LogP contribution in [0.25, 0.3) is 21.2 Å². The van der Waals surface area contributed by atoms with Crippen LogP contribution in [0.3, 0.4) is 0 Å². The lowest BCUT2D eigenvalue weighted by atomic mass is 10.2. The number of furan rings is 1. The number of amides is 1. The third-order valence-electron chi connectivity index (χ3n) is 5.36. The van der Waals surface area contributed by atoms with E-state index in [1.165, 1.54) is 11.3 Å². The van der Waals surface area contributed by atoms with Crippen LogP contribution in [0, 0.1) is 6.92 Å². The van der Waals surface area contributed by atoms with Gasteiger partial charge >= 0.3 is 0 Å². The van der Waals surface area contributed by atoms with Crippen LogP contribution >= 0.6 is 22.9 Å². The minimum Gasteiger partial charge on any atom is -0.490 e. The number of aromatic nitrogens is 1. The number of carbonyl (C=O) groups is 1. The number of anilines is 1. The molecule has 2 heterocycles. The maximum atomic E-state index is 13.8. The van der Waals surface area contributed by atoms with Crippen molar-refractivity contribution in [3.8, 4) is 5.75 Å². The van der Waals surface area contributed by atoms with Crippen LogP contribution in [0.2, 0.25) is 5.02 Å². The molecule has 0 unspecified atom stereocenters. The molecule has 3 aromatic carbocycles. The van der Waals surface area contributed by atoms with Gasteiger partial charge in [0.05, 0.1) is 28.4 Å². The topological polar surface area (TPSA) is 55.6 Å². The number of ether oxygens (including phenoxy) is 1. The summed E-state index contributed by atoms with van der Waals surface area (Å²) >= 11 is 7.84. The molecule has 5 nitrogen and oxygen atoms in total. The number of fused-ring (bicyclic) bond motifs is 2. The molecule has 0 fully saturated rings. The fraction of sp³-hybridized carbons (Fsp3) is 0.154. The molecule has 0 saturated heterocycles. The summed E-state index contributed by atoms with van der Waals surface area (Å²) in [5, 5.41) is 2.00. The van der Waals surface area contributed by atoms with Crippen molar-refractivity contribution in [1.29, 1.82) is 0 Å². The number of benzene rings is 3. The Hall–Kier alpha value is -3.35. The van der Waals surface area contributed by atoms with E-state index in [1.54, 1.807) is 11.0 Å². The van der Waals surface area contributed by atoms with Crippen molar-refractivity contribution in [3.63, 3.8) is 0 Å². The highest BCUT2D eigenvalue weighted by Crippen LogP contribution is 2.37. The van der Waals surface area contributed by atoms with Gasteiger partial charge in [-0.25, -0.2) is 4.98 Å². The number of carbonyl (C=O) groups excluding carboxylic acids is 1. The Morgan fingerprint density at radius 2 is 1.94 bits per heavy atom. The fourth-order valence-corrected chi connectivity index (χ4v) is 5.06. The summed E-state index contributed by atoms with van der Waals surface area (Å²) in [6, 6.07) is 21.0. The molecule has 0 saturated carbocycles. The van der Waals surface area contributed by atoms with Crippen LogP contribution in [0.15, 0.2) is 71.1 Å². The molecule has 5 aromatic rings. The average molecular weight is 477 g/mol. The SMILES string of the molecule is CCOc1cccc2cc(C(=O)N(Cc3ccccc3)c3nc4c(C)ccc(Cl)c4s3)oc12. The number of nitrogens with zero attached hydrogens (tertiary/aromatic N) is 2. The van der Waals surface area contributed by atoms with E-state index in [0.717, 1.165) is 26.7 Å². The van der Waals surface area contributed by atoms with Crippen molar-refractivity contribution >= 4 is 55.2 Å². The van der Waals surface area contributed by atoms with Gasteiger partial charge in [0.2, 0.25) is 0 Å². The molecule has 1 amide bonds. The summed E-state index contributed by atoms with van der Waals surface area (Å²) in [7, 11) is 0. The molecule has 0 N–H and O–H groups in total. The summed E-state index contributed by atoms with van der Waals surface area (Å²) in [5.74, 6) is 0.576. The highest BCUT2D eigenvalue weighted by molar-refractivity contribution is 7.23. The van der Waals surface area contributed by atoms with Crippen LogP contribution in [0.1, 0.15) is 28.6 Å². The molecule has 0 radical (unpaired) electrons. The second kappa shape index (κ2) is 8.89. The molecule has 33 heavy (non-hydrogen) atoms. The standard InChI is InChI=1S/C26H21ClN2O3S/c1-3-31-20-11-7-10-18-14-21(32-23(18)20)25(30)29(15-17-8-5-4-6-9-17)26-28-22-16(2)12-13-19(27)24(22)33-26/h4-14H,3,15H2,1-2H3. The van der Waals surface area contributed by atoms with Crippen LogP contribution in [0.5, 0.6) is 5.75 Å². The summed E-state index contributed by atoms with van der Waals surface area (Å²) in [4.78, 5) is 20.2. The number of aryl methyl sites for hydroxylation is 1. The third-order valence-corrected chi connectivity index (χ3v) is 6.90. The first-order valence-electron chi connectivity index (χ1n) is 10.6. The lowest BCUT2D eigenvalue weighted by molar-refractivity contribution is 0.0960. The van der Waals surface area contributed by atoms with E-state index in [1.807, 2.05) is 74.5 Å². The second-order valence-corrected chi connectivity index (χ2v) is 9.02. The van der Waals surface area contributed by atoms with E-state index < -0.39 is 0 Å². The predicted octanol–water partition coefficient (Wildman–Crippen LogP) is 7.25. The van der Waals surface area contributed by atoms with Gasteiger partial charge in [-0.15, -0.1) is 0 Å². The summed E-state index contributed by atoms with van der Waals surface area (Å²) in [5.41, 5.74) is 3.36. The van der Waals surface area contributed by atoms with E-state index >= 15 is 0 Å². The van der Waals surface area contributed by atoms with Crippen LogP contribution < -0.4 is 9.64 Å². The van der Waals surface area contributed by atoms with E-state index in [-0.39, 0.29) is 11.7 Å². The quantitative estimate of drug-likeness (QED) is 0.259. The maximum Gasteiger partial charge on any atom is 0.296 e. The fourth-order valence-electron chi connectivity index (χ4n) is 3.74. The molecule has 0 bridgehead atoms. The molecule has 7 heteroatoms. The zero-order chi connectivity index (χ0) is 22.9. The lowest BCUT2D eigenvalue weighted by Gasteiger charge is -2.18. The molecule has 0 aliphatic rings. The Labute approximate surface area is 200 Å². The van der Waals surface area contributed by atoms with Crippen molar-refractivity contribution < 1.29 is 13.9 Å². The number of hydrogen-bond acceptors (Lipinski definition) is 5. The van der Waals surface area contributed by atoms with E-state index in [9.17, 15) is 4.79 Å². The Bertz CT molecular complexity index is 1420. The van der Waals surface area contributed by atoms with Crippen molar-refractivity contribution in [2.24, 2.45) is 0 Å². The summed E-state index contributed by atoms with van der Waals surface area (Å²) in [6.45, 7) is 4.76. The minimum atomic E-state index is -0.273. The van der Waals surface area contributed by atoms with Crippen molar-refractivity contribution in [2.45, 2.75) is 20.4 Å². The van der Waals surface area contributed by atoms with E-state index in [4.69, 9.17) is 25.7 Å². The first kappa shape index (κ1) is 21.5. The van der Waals surface area contributed by atoms with Crippen molar-refractivity contribution in [1.82, 2.24) is 4.98 Å². The Kier molecular flexibility index (Phi) is 5.79. The molecular formula is C26H21ClN2O3S. The second-order valence-electron chi connectivity index (χ2n) is 7.63. The van der Waals surface area contributed by atoms with E-state index in [0.29, 0.717) is 34.6 Å². The van der Waals surface area contributed by atoms with Crippen LogP contribution in [-0.4, -0.2) is 17.5 Å². The van der Waals surface area contributed by atoms with Crippen molar-refractivity contribution in [2.75, 3.05) is 11.5 Å². The largest absolute Gasteiger partial charge is 0.490 e. The van der Waals surface area contributed by atoms with E-state index in [2.05, 4.69) is 0 Å². The van der Waals surface area contributed by atoms with Crippen molar-refractivity contribution in [3.05, 3.63) is 88.6 Å². The minimum absolute atomic E-state index is 0.232. The smallest absolute Gasteiger partial charge is 0.296 e. The Morgan fingerprint density at radius 3 is 2.70 bits per heavy atom. The molecule has 5 rings (SSSR count). The number of rotatable bonds is 6. The van der Waals surface area contributed by atoms with Gasteiger partial charge < -0.3 is 9.15 Å². The number of para-hydroxylation sites is 1. The van der Waals surface area contributed by atoms with Crippen LogP contribution in [-0.2, 0) is 6.54 Å². The monoisotopic (exact) mass is 476 g/mol. The van der Waals surface area contributed by atoms with Gasteiger partial charge in [-0.2, -0.15) is 0 Å². The first-order chi connectivity index (χ1) is 16.0. The van der Waals surface area contributed by atoms with Gasteiger partial charge in [0.1, 0.15) is 0 Å². The average Bonchev–Trinajstić information content (AvgIpc) is 3.47. The zero-order valence-corrected chi connectivity index (χ0v) is 19.7. The van der Waals surface area contributed by atoms with Gasteiger partial charge in [0.15, 0.2) is 22.2 Å². The number of halogens is 1. The highest BCUT2D eigenvalue weighted by atomic mass is 35.5. The number of hydrogen-bond donors (Lipinski definition) is 0. The molecule has 166 valence electrons. The maximum absolute atomic E-state index is 13.8. The first-order valence-corrected chi connectivity index (χ1v) is 11.8. The van der Waals surface area contributed by atoms with Gasteiger partial charge in [0.25, 0.3) is 5.91 Å². The van der Waals surface area contributed by atoms with Gasteiger partial charge in [-0.1, -0.05) is 71.5 Å². The predicted molar refractivity (Wildman–Crippen MR) is 134 cm³/mol. The molecule has 0 aliphatic heterocycles. The van der Waals surface area contributed by atoms with Gasteiger partial charge in [-0.05, 0) is 43.2 Å². The molecule has 2 aromatic heterocycles. The summed E-state index contributed by atoms with van der Waals surface area (Å²) < 4.78 is 12.5. The van der Waals surface area contributed by atoms with Gasteiger partial charge in [-0.3, -0.25) is 9.69 Å². The third kappa shape index (κ3) is 4.08. The highest BCUT2D eigenvalue weighted by Gasteiger charge is 2.26. The van der Waals surface area contributed by atoms with Crippen LogP contribution in [0.4, 0.5) is 5.13 Å². The summed E-state index contributed by atoms with van der Waals surface area (Å²) in [6.07, 6.45) is 0. The molecule has 0 spiro atoms.